The number of aromatic amines is 1. The van der Waals surface area contributed by atoms with Crippen molar-refractivity contribution in [2.45, 2.75) is 26.8 Å². The summed E-state index contributed by atoms with van der Waals surface area (Å²) < 4.78 is 16.1. The molecule has 3 rings (SSSR count). The number of aromatic nitrogens is 4. The summed E-state index contributed by atoms with van der Waals surface area (Å²) in [5.74, 6) is 0.413. The van der Waals surface area contributed by atoms with Gasteiger partial charge in [-0.15, -0.1) is 0 Å². The van der Waals surface area contributed by atoms with Gasteiger partial charge in [0.1, 0.15) is 5.82 Å². The molecule has 6 heteroatoms. The molecule has 0 radical (unpaired) electrons. The van der Waals surface area contributed by atoms with Crippen molar-refractivity contribution in [2.75, 3.05) is 0 Å². The smallest absolute Gasteiger partial charge is 0.195 e. The fourth-order valence-corrected chi connectivity index (χ4v) is 2.83. The van der Waals surface area contributed by atoms with Crippen LogP contribution >= 0.6 is 12.2 Å². The number of nitrogens with one attached hydrogen (secondary N) is 1. The van der Waals surface area contributed by atoms with Crippen molar-refractivity contribution in [3.05, 3.63) is 40.5 Å². The molecule has 21 heavy (non-hydrogen) atoms. The van der Waals surface area contributed by atoms with Gasteiger partial charge in [-0.25, -0.2) is 4.39 Å². The normalized spacial score (nSPS) is 11.5. The van der Waals surface area contributed by atoms with E-state index >= 15 is 0 Å². The zero-order valence-electron chi connectivity index (χ0n) is 12.0. The van der Waals surface area contributed by atoms with E-state index in [-0.39, 0.29) is 11.9 Å². The second-order valence-corrected chi connectivity index (χ2v) is 5.68. The topological polar surface area (TPSA) is 46.5 Å². The van der Waals surface area contributed by atoms with Gasteiger partial charge in [0.2, 0.25) is 0 Å². The zero-order chi connectivity index (χ0) is 15.1. The lowest BCUT2D eigenvalue weighted by Crippen LogP contribution is -2.04. The molecule has 0 amide bonds. The van der Waals surface area contributed by atoms with Crippen LogP contribution < -0.4 is 0 Å². The Morgan fingerprint density at radius 1 is 1.29 bits per heavy atom. The fraction of sp³-hybridized carbons (Fsp3) is 0.267. The maximum absolute atomic E-state index is 13.6. The highest BCUT2D eigenvalue weighted by Crippen LogP contribution is 2.29. The SMILES string of the molecule is Cc1cc(-c2n[nH]c(=S)n2C(C)C)c2cc(F)ccc2n1. The van der Waals surface area contributed by atoms with Gasteiger partial charge >= 0.3 is 0 Å². The summed E-state index contributed by atoms with van der Waals surface area (Å²) in [6, 6.07) is 6.65. The van der Waals surface area contributed by atoms with Crippen LogP contribution in [0.3, 0.4) is 0 Å². The Labute approximate surface area is 126 Å². The number of hydrogen-bond donors (Lipinski definition) is 1. The van der Waals surface area contributed by atoms with Gasteiger partial charge in [-0.2, -0.15) is 5.10 Å². The molecule has 4 nitrogen and oxygen atoms in total. The molecule has 0 aliphatic carbocycles. The molecule has 0 bridgehead atoms. The predicted octanol–water partition coefficient (Wildman–Crippen LogP) is 4.18. The van der Waals surface area contributed by atoms with Crippen LogP contribution in [0, 0.1) is 17.5 Å². The van der Waals surface area contributed by atoms with E-state index in [1.54, 1.807) is 6.07 Å². The average molecular weight is 302 g/mol. The molecule has 0 saturated heterocycles. The Morgan fingerprint density at radius 2 is 2.05 bits per heavy atom. The third-order valence-electron chi connectivity index (χ3n) is 3.36. The van der Waals surface area contributed by atoms with Crippen molar-refractivity contribution in [1.29, 1.82) is 0 Å². The highest BCUT2D eigenvalue weighted by molar-refractivity contribution is 7.71. The first-order valence-corrected chi connectivity index (χ1v) is 7.12. The summed E-state index contributed by atoms with van der Waals surface area (Å²) in [7, 11) is 0. The van der Waals surface area contributed by atoms with Crippen LogP contribution in [0.1, 0.15) is 25.6 Å². The van der Waals surface area contributed by atoms with Gasteiger partial charge < -0.3 is 0 Å². The molecule has 3 aromatic rings. The first kappa shape index (κ1) is 13.9. The molecule has 1 N–H and O–H groups in total. The Kier molecular flexibility index (Phi) is 3.33. The number of fused-ring (bicyclic) bond motifs is 1. The van der Waals surface area contributed by atoms with Gasteiger partial charge in [0.15, 0.2) is 10.6 Å². The minimum absolute atomic E-state index is 0.156. The maximum atomic E-state index is 13.6. The number of benzene rings is 1. The second-order valence-electron chi connectivity index (χ2n) is 5.29. The summed E-state index contributed by atoms with van der Waals surface area (Å²) in [4.78, 5) is 4.44. The predicted molar refractivity (Wildman–Crippen MR) is 83.2 cm³/mol. The monoisotopic (exact) mass is 302 g/mol. The quantitative estimate of drug-likeness (QED) is 0.722. The Hall–Kier alpha value is -2.08. The van der Waals surface area contributed by atoms with Crippen LogP contribution in [0.5, 0.6) is 0 Å². The number of H-pyrrole nitrogens is 1. The molecule has 108 valence electrons. The molecule has 2 heterocycles. The summed E-state index contributed by atoms with van der Waals surface area (Å²) in [6.45, 7) is 5.98. The van der Waals surface area contributed by atoms with Crippen molar-refractivity contribution in [2.24, 2.45) is 0 Å². The van der Waals surface area contributed by atoms with Crippen LogP contribution in [0.4, 0.5) is 4.39 Å². The number of aryl methyl sites for hydroxylation is 1. The average Bonchev–Trinajstić information content (AvgIpc) is 2.80. The lowest BCUT2D eigenvalue weighted by atomic mass is 10.1. The molecule has 1 aromatic carbocycles. The molecule has 0 aliphatic rings. The minimum atomic E-state index is -0.292. The van der Waals surface area contributed by atoms with E-state index in [0.717, 1.165) is 22.2 Å². The molecule has 0 spiro atoms. The first-order chi connectivity index (χ1) is 9.97. The summed E-state index contributed by atoms with van der Waals surface area (Å²) in [5.41, 5.74) is 2.43. The molecule has 0 saturated carbocycles. The highest BCUT2D eigenvalue weighted by Gasteiger charge is 2.15. The molecule has 0 atom stereocenters. The first-order valence-electron chi connectivity index (χ1n) is 6.71. The fourth-order valence-electron chi connectivity index (χ4n) is 2.49. The van der Waals surface area contributed by atoms with Gasteiger partial charge in [-0.05, 0) is 57.3 Å². The van der Waals surface area contributed by atoms with Gasteiger partial charge in [0, 0.05) is 22.7 Å². The summed E-state index contributed by atoms with van der Waals surface area (Å²) in [5, 5.41) is 7.87. The molecule has 0 fully saturated rings. The van der Waals surface area contributed by atoms with E-state index in [1.807, 2.05) is 31.4 Å². The van der Waals surface area contributed by atoms with E-state index in [9.17, 15) is 4.39 Å². The summed E-state index contributed by atoms with van der Waals surface area (Å²) >= 11 is 5.29. The molecular weight excluding hydrogens is 287 g/mol. The Morgan fingerprint density at radius 3 is 2.76 bits per heavy atom. The minimum Gasteiger partial charge on any atom is -0.298 e. The number of pyridine rings is 1. The van der Waals surface area contributed by atoms with E-state index in [2.05, 4.69) is 15.2 Å². The van der Waals surface area contributed by atoms with Gasteiger partial charge in [-0.1, -0.05) is 0 Å². The second kappa shape index (κ2) is 5.04. The van der Waals surface area contributed by atoms with Crippen molar-refractivity contribution in [3.63, 3.8) is 0 Å². The molecule has 2 aromatic heterocycles. The van der Waals surface area contributed by atoms with E-state index < -0.39 is 0 Å². The van der Waals surface area contributed by atoms with Crippen molar-refractivity contribution in [3.8, 4) is 11.4 Å². The molecule has 0 unspecified atom stereocenters. The molecular formula is C15H15FN4S. The Balaban J connectivity index is 2.40. The summed E-state index contributed by atoms with van der Waals surface area (Å²) in [6.07, 6.45) is 0. The molecule has 0 aliphatic heterocycles. The van der Waals surface area contributed by atoms with Crippen LogP contribution in [-0.2, 0) is 0 Å². The van der Waals surface area contributed by atoms with Crippen molar-refractivity contribution in [1.82, 2.24) is 19.7 Å². The van der Waals surface area contributed by atoms with E-state index in [4.69, 9.17) is 12.2 Å². The highest BCUT2D eigenvalue weighted by atomic mass is 32.1. The number of halogens is 1. The van der Waals surface area contributed by atoms with Crippen LogP contribution in [0.15, 0.2) is 24.3 Å². The van der Waals surface area contributed by atoms with Crippen molar-refractivity contribution >= 4 is 23.1 Å². The third-order valence-corrected chi connectivity index (χ3v) is 3.65. The van der Waals surface area contributed by atoms with Crippen molar-refractivity contribution < 1.29 is 4.39 Å². The zero-order valence-corrected chi connectivity index (χ0v) is 12.8. The lowest BCUT2D eigenvalue weighted by molar-refractivity contribution is 0.597. The maximum Gasteiger partial charge on any atom is 0.195 e. The lowest BCUT2D eigenvalue weighted by Gasteiger charge is -2.12. The van der Waals surface area contributed by atoms with E-state index in [0.29, 0.717) is 10.6 Å². The number of nitrogens with zero attached hydrogens (tertiary/aromatic N) is 3. The van der Waals surface area contributed by atoms with Gasteiger partial charge in [0.25, 0.3) is 0 Å². The largest absolute Gasteiger partial charge is 0.298 e. The van der Waals surface area contributed by atoms with Gasteiger partial charge in [0.05, 0.1) is 5.52 Å². The third kappa shape index (κ3) is 2.35. The number of rotatable bonds is 2. The number of hydrogen-bond acceptors (Lipinski definition) is 3. The van der Waals surface area contributed by atoms with Crippen LogP contribution in [0.2, 0.25) is 0 Å². The standard InChI is InChI=1S/C15H15FN4S/c1-8(2)20-14(18-19-15(20)21)12-6-9(3)17-13-5-4-10(16)7-11(12)13/h4-8H,1-3H3,(H,19,21). The van der Waals surface area contributed by atoms with Crippen LogP contribution in [-0.4, -0.2) is 19.7 Å². The Bertz CT molecular complexity index is 879. The van der Waals surface area contributed by atoms with Gasteiger partial charge in [-0.3, -0.25) is 14.6 Å². The van der Waals surface area contributed by atoms with E-state index in [1.165, 1.54) is 12.1 Å². The van der Waals surface area contributed by atoms with Crippen LogP contribution in [0.25, 0.3) is 22.3 Å².